The third-order valence-corrected chi connectivity index (χ3v) is 3.11. The zero-order chi connectivity index (χ0) is 17.3. The van der Waals surface area contributed by atoms with E-state index in [9.17, 15) is 18.0 Å². The van der Waals surface area contributed by atoms with Gasteiger partial charge < -0.3 is 5.32 Å². The Morgan fingerprint density at radius 2 is 1.61 bits per heavy atom. The van der Waals surface area contributed by atoms with Gasteiger partial charge in [0.15, 0.2) is 0 Å². The summed E-state index contributed by atoms with van der Waals surface area (Å²) < 4.78 is 29.0. The summed E-state index contributed by atoms with van der Waals surface area (Å²) in [4.78, 5) is 19.5. The molecule has 132 valence electrons. The summed E-state index contributed by atoms with van der Waals surface area (Å²) in [6.45, 7) is -0.704. The van der Waals surface area contributed by atoms with Gasteiger partial charge in [-0.25, -0.2) is 4.98 Å². The number of hydrogen-bond donors (Lipinski definition) is 1. The number of carbonyl (C=O) groups excluding carboxylic acids is 1. The monoisotopic (exact) mass is 333 g/mol. The molecule has 4 nitrogen and oxygen atoms in total. The standard InChI is InChI=1S/C15H25N3O.CHF3/c1-2-3-4-5-6-7-8-9-10-18-15(19)14-13-16-11-12-17-14;2-1(3)4/h11-13H,2-10H2,1H3,(H,18,19);1H. The molecule has 0 aliphatic heterocycles. The SMILES string of the molecule is CCCCCCCCCCNC(=O)c1cnccn1.FC(F)F. The molecule has 1 heterocycles. The molecule has 1 aromatic heterocycles. The van der Waals surface area contributed by atoms with Crippen LogP contribution in [-0.4, -0.2) is 29.1 Å². The first kappa shape index (κ1) is 21.3. The van der Waals surface area contributed by atoms with Crippen LogP contribution in [0.15, 0.2) is 18.6 Å². The van der Waals surface area contributed by atoms with Crippen LogP contribution in [0, 0.1) is 0 Å². The Hall–Kier alpha value is -1.66. The van der Waals surface area contributed by atoms with Crippen LogP contribution in [-0.2, 0) is 0 Å². The fourth-order valence-corrected chi connectivity index (χ4v) is 1.97. The van der Waals surface area contributed by atoms with E-state index in [1.165, 1.54) is 57.3 Å². The van der Waals surface area contributed by atoms with Crippen molar-refractivity contribution in [1.29, 1.82) is 0 Å². The summed E-state index contributed by atoms with van der Waals surface area (Å²) in [5, 5.41) is 2.87. The van der Waals surface area contributed by atoms with Crippen LogP contribution in [0.1, 0.15) is 68.8 Å². The van der Waals surface area contributed by atoms with E-state index in [1.807, 2.05) is 0 Å². The first-order valence-corrected chi connectivity index (χ1v) is 8.04. The minimum absolute atomic E-state index is 0.129. The Morgan fingerprint density at radius 3 is 2.13 bits per heavy atom. The molecular formula is C16H26F3N3O. The fraction of sp³-hybridized carbons (Fsp3) is 0.688. The van der Waals surface area contributed by atoms with Crippen LogP contribution in [0.25, 0.3) is 0 Å². The topological polar surface area (TPSA) is 54.9 Å². The molecule has 0 bridgehead atoms. The van der Waals surface area contributed by atoms with Crippen molar-refractivity contribution in [2.75, 3.05) is 6.54 Å². The summed E-state index contributed by atoms with van der Waals surface area (Å²) in [5.41, 5.74) is 0.391. The van der Waals surface area contributed by atoms with Crippen molar-refractivity contribution < 1.29 is 18.0 Å². The lowest BCUT2D eigenvalue weighted by Gasteiger charge is -2.04. The predicted octanol–water partition coefficient (Wildman–Crippen LogP) is 4.53. The maximum absolute atomic E-state index is 11.6. The molecule has 0 aliphatic carbocycles. The summed E-state index contributed by atoms with van der Waals surface area (Å²) in [6, 6.07) is 0. The highest BCUT2D eigenvalue weighted by Crippen LogP contribution is 2.07. The number of nitrogens with one attached hydrogen (secondary N) is 1. The highest BCUT2D eigenvalue weighted by Gasteiger charge is 2.04. The Kier molecular flexibility index (Phi) is 14.1. The second-order valence-corrected chi connectivity index (χ2v) is 5.07. The molecule has 7 heteroatoms. The number of alkyl halides is 3. The second kappa shape index (κ2) is 15.2. The zero-order valence-corrected chi connectivity index (χ0v) is 13.6. The molecule has 23 heavy (non-hydrogen) atoms. The normalized spacial score (nSPS) is 10.1. The molecule has 0 atom stereocenters. The van der Waals surface area contributed by atoms with E-state index in [0.29, 0.717) is 5.69 Å². The number of carbonyl (C=O) groups is 1. The maximum atomic E-state index is 11.6. The van der Waals surface area contributed by atoms with Crippen LogP contribution in [0.5, 0.6) is 0 Å². The number of nitrogens with zero attached hydrogens (tertiary/aromatic N) is 2. The van der Waals surface area contributed by atoms with Crippen LogP contribution >= 0.6 is 0 Å². The van der Waals surface area contributed by atoms with Crippen LogP contribution in [0.4, 0.5) is 13.2 Å². The van der Waals surface area contributed by atoms with Crippen LogP contribution in [0.2, 0.25) is 0 Å². The highest BCUT2D eigenvalue weighted by molar-refractivity contribution is 5.91. The average Bonchev–Trinajstić information content (AvgIpc) is 2.53. The lowest BCUT2D eigenvalue weighted by Crippen LogP contribution is -2.25. The first-order valence-electron chi connectivity index (χ1n) is 8.04. The summed E-state index contributed by atoms with van der Waals surface area (Å²) in [5.74, 6) is -0.129. The molecule has 0 fully saturated rings. The van der Waals surface area contributed by atoms with Crippen LogP contribution < -0.4 is 5.32 Å². The maximum Gasteiger partial charge on any atom is 0.379 e. The van der Waals surface area contributed by atoms with E-state index in [-0.39, 0.29) is 5.91 Å². The van der Waals surface area contributed by atoms with Gasteiger partial charge in [0.2, 0.25) is 0 Å². The molecule has 0 spiro atoms. The minimum atomic E-state index is -3.67. The molecule has 1 rings (SSSR count). The molecule has 0 aliphatic rings. The summed E-state index contributed by atoms with van der Waals surface area (Å²) in [7, 11) is 0. The molecule has 0 unspecified atom stereocenters. The number of unbranched alkanes of at least 4 members (excludes halogenated alkanes) is 7. The van der Waals surface area contributed by atoms with Crippen LogP contribution in [0.3, 0.4) is 0 Å². The number of halogens is 3. The van der Waals surface area contributed by atoms with E-state index in [1.54, 1.807) is 6.20 Å². The molecule has 1 N–H and O–H groups in total. The lowest BCUT2D eigenvalue weighted by molar-refractivity contribution is 0.00818. The zero-order valence-electron chi connectivity index (χ0n) is 13.6. The third-order valence-electron chi connectivity index (χ3n) is 3.11. The van der Waals surface area contributed by atoms with Gasteiger partial charge in [-0.15, -0.1) is 0 Å². The van der Waals surface area contributed by atoms with Crippen molar-refractivity contribution in [3.63, 3.8) is 0 Å². The Balaban J connectivity index is 0.00000108. The smallest absolute Gasteiger partial charge is 0.351 e. The molecule has 0 radical (unpaired) electrons. The van der Waals surface area contributed by atoms with Crippen molar-refractivity contribution >= 4 is 5.91 Å². The number of amides is 1. The van der Waals surface area contributed by atoms with E-state index in [2.05, 4.69) is 22.2 Å². The van der Waals surface area contributed by atoms with Gasteiger partial charge in [-0.2, -0.15) is 13.2 Å². The van der Waals surface area contributed by atoms with Crippen molar-refractivity contribution in [2.24, 2.45) is 0 Å². The number of rotatable bonds is 10. The van der Waals surface area contributed by atoms with Crippen molar-refractivity contribution in [1.82, 2.24) is 15.3 Å². The van der Waals surface area contributed by atoms with E-state index in [0.717, 1.165) is 13.0 Å². The Bertz CT molecular complexity index is 389. The van der Waals surface area contributed by atoms with Crippen molar-refractivity contribution in [2.45, 2.75) is 65.0 Å². The van der Waals surface area contributed by atoms with Crippen molar-refractivity contribution in [3.05, 3.63) is 24.3 Å². The van der Waals surface area contributed by atoms with E-state index >= 15 is 0 Å². The highest BCUT2D eigenvalue weighted by atomic mass is 19.4. The van der Waals surface area contributed by atoms with Gasteiger partial charge in [-0.3, -0.25) is 9.78 Å². The molecule has 0 saturated carbocycles. The van der Waals surface area contributed by atoms with Gasteiger partial charge in [0.25, 0.3) is 5.91 Å². The van der Waals surface area contributed by atoms with Gasteiger partial charge in [0.05, 0.1) is 6.20 Å². The number of aromatic nitrogens is 2. The van der Waals surface area contributed by atoms with Gasteiger partial charge in [0, 0.05) is 18.9 Å². The van der Waals surface area contributed by atoms with Gasteiger partial charge in [0.1, 0.15) is 5.69 Å². The van der Waals surface area contributed by atoms with E-state index < -0.39 is 6.68 Å². The minimum Gasteiger partial charge on any atom is -0.351 e. The molecule has 0 saturated heterocycles. The summed E-state index contributed by atoms with van der Waals surface area (Å²) >= 11 is 0. The molecule has 1 amide bonds. The Labute approximate surface area is 135 Å². The van der Waals surface area contributed by atoms with Crippen molar-refractivity contribution in [3.8, 4) is 0 Å². The molecular weight excluding hydrogens is 307 g/mol. The quantitative estimate of drug-likeness (QED) is 0.640. The first-order chi connectivity index (χ1) is 11.1. The fourth-order valence-electron chi connectivity index (χ4n) is 1.97. The van der Waals surface area contributed by atoms with Gasteiger partial charge >= 0.3 is 6.68 Å². The average molecular weight is 333 g/mol. The molecule has 1 aromatic rings. The Morgan fingerprint density at radius 1 is 1.04 bits per heavy atom. The summed E-state index contributed by atoms with van der Waals surface area (Å²) in [6.07, 6.45) is 14.8. The second-order valence-electron chi connectivity index (χ2n) is 5.07. The largest absolute Gasteiger partial charge is 0.379 e. The van der Waals surface area contributed by atoms with Gasteiger partial charge in [-0.05, 0) is 6.42 Å². The predicted molar refractivity (Wildman–Crippen MR) is 84.1 cm³/mol. The lowest BCUT2D eigenvalue weighted by atomic mass is 10.1. The molecule has 0 aromatic carbocycles. The van der Waals surface area contributed by atoms with Gasteiger partial charge in [-0.1, -0.05) is 51.9 Å². The number of hydrogen-bond acceptors (Lipinski definition) is 3. The third kappa shape index (κ3) is 15.0. The van der Waals surface area contributed by atoms with E-state index in [4.69, 9.17) is 0 Å².